The van der Waals surface area contributed by atoms with Crippen LogP contribution in [-0.4, -0.2) is 48.6 Å². The fourth-order valence-electron chi connectivity index (χ4n) is 4.20. The number of unbranched alkanes of at least 4 members (excludes halogenated alkanes) is 1. The molecule has 0 atom stereocenters. The van der Waals surface area contributed by atoms with Crippen molar-refractivity contribution in [3.05, 3.63) is 64.6 Å². The number of amides is 3. The van der Waals surface area contributed by atoms with Gasteiger partial charge in [0.05, 0.1) is 17.8 Å². The minimum atomic E-state index is -0.245. The Morgan fingerprint density at radius 2 is 1.91 bits per heavy atom. The number of benzene rings is 2. The molecule has 3 aromatic rings. The van der Waals surface area contributed by atoms with Crippen LogP contribution in [0.3, 0.4) is 0 Å². The van der Waals surface area contributed by atoms with E-state index in [0.717, 1.165) is 48.4 Å². The lowest BCUT2D eigenvalue weighted by atomic mass is 9.98. The van der Waals surface area contributed by atoms with Crippen LogP contribution in [0.4, 0.5) is 10.5 Å². The average Bonchev–Trinajstić information content (AvgIpc) is 3.40. The van der Waals surface area contributed by atoms with Crippen LogP contribution in [0.2, 0.25) is 0 Å². The van der Waals surface area contributed by atoms with E-state index in [9.17, 15) is 9.59 Å². The van der Waals surface area contributed by atoms with Crippen LogP contribution in [0, 0.1) is 0 Å². The Hall–Kier alpha value is -3.39. The minimum Gasteiger partial charge on any atom is -0.497 e. The number of carbonyl (C=O) groups is 2. The number of carbonyl (C=O) groups excluding carboxylic acids is 2. The molecule has 2 heterocycles. The van der Waals surface area contributed by atoms with Gasteiger partial charge in [-0.25, -0.2) is 9.78 Å². The molecule has 1 aliphatic heterocycles. The molecule has 1 aromatic heterocycles. The normalized spacial score (nSPS) is 13.9. The second kappa shape index (κ2) is 11.8. The number of thiazole rings is 1. The number of nitrogens with one attached hydrogen (secondary N) is 2. The summed E-state index contributed by atoms with van der Waals surface area (Å²) in [6.45, 7) is 4.24. The Morgan fingerprint density at radius 1 is 1.14 bits per heavy atom. The molecule has 0 unspecified atom stereocenters. The fourth-order valence-corrected chi connectivity index (χ4v) is 5.17. The molecule has 0 radical (unpaired) electrons. The summed E-state index contributed by atoms with van der Waals surface area (Å²) in [7, 11) is 1.61. The predicted octanol–water partition coefficient (Wildman–Crippen LogP) is 5.76. The second-order valence-electron chi connectivity index (χ2n) is 8.65. The Balaban J connectivity index is 1.40. The molecule has 1 saturated heterocycles. The second-order valence-corrected chi connectivity index (χ2v) is 9.54. The molecule has 7 nitrogen and oxygen atoms in total. The summed E-state index contributed by atoms with van der Waals surface area (Å²) in [5, 5.41) is 8.78. The van der Waals surface area contributed by atoms with E-state index in [1.807, 2.05) is 58.8 Å². The number of piperidine rings is 1. The summed E-state index contributed by atoms with van der Waals surface area (Å²) in [6, 6.07) is 15.6. The lowest BCUT2D eigenvalue weighted by Gasteiger charge is -2.31. The molecular formula is C27H32N4O3S. The summed E-state index contributed by atoms with van der Waals surface area (Å²) in [5.74, 6) is 0.688. The van der Waals surface area contributed by atoms with Gasteiger partial charge in [-0.15, -0.1) is 11.3 Å². The summed E-state index contributed by atoms with van der Waals surface area (Å²) >= 11 is 1.51. The number of rotatable bonds is 8. The molecule has 3 amide bonds. The van der Waals surface area contributed by atoms with E-state index in [2.05, 4.69) is 22.5 Å². The molecule has 2 aromatic carbocycles. The topological polar surface area (TPSA) is 83.6 Å². The van der Waals surface area contributed by atoms with Crippen molar-refractivity contribution in [2.75, 3.05) is 32.1 Å². The number of aromatic nitrogens is 1. The number of hydrogen-bond acceptors (Lipinski definition) is 5. The van der Waals surface area contributed by atoms with Crippen LogP contribution in [0.1, 0.15) is 54.0 Å². The lowest BCUT2D eigenvalue weighted by molar-refractivity contribution is 0.102. The molecule has 1 fully saturated rings. The summed E-state index contributed by atoms with van der Waals surface area (Å²) in [5.41, 5.74) is 3.01. The van der Waals surface area contributed by atoms with E-state index in [4.69, 9.17) is 4.74 Å². The predicted molar refractivity (Wildman–Crippen MR) is 140 cm³/mol. The first-order valence-corrected chi connectivity index (χ1v) is 13.0. The van der Waals surface area contributed by atoms with Gasteiger partial charge < -0.3 is 20.3 Å². The van der Waals surface area contributed by atoms with Crippen LogP contribution in [-0.2, 0) is 0 Å². The Bertz CT molecular complexity index is 1140. The maximum Gasteiger partial charge on any atom is 0.317 e. The molecule has 0 saturated carbocycles. The van der Waals surface area contributed by atoms with Gasteiger partial charge in [0, 0.05) is 42.6 Å². The van der Waals surface area contributed by atoms with Gasteiger partial charge in [0.15, 0.2) is 0 Å². The van der Waals surface area contributed by atoms with Crippen molar-refractivity contribution in [2.24, 2.45) is 0 Å². The molecule has 4 rings (SSSR count). The van der Waals surface area contributed by atoms with Crippen molar-refractivity contribution in [2.45, 2.75) is 38.5 Å². The SMILES string of the molecule is CCCCNC(=O)N1CCC(c2nc(C(=O)Nc3cc(OC)ccc3-c3ccccc3)cs2)CC1. The van der Waals surface area contributed by atoms with Gasteiger partial charge in [-0.05, 0) is 37.0 Å². The highest BCUT2D eigenvalue weighted by Gasteiger charge is 2.26. The summed E-state index contributed by atoms with van der Waals surface area (Å²) in [6.07, 6.45) is 3.76. The Kier molecular flexibility index (Phi) is 8.36. The molecule has 0 aliphatic carbocycles. The number of nitrogens with zero attached hydrogens (tertiary/aromatic N) is 2. The maximum atomic E-state index is 13.1. The molecule has 2 N–H and O–H groups in total. The number of ether oxygens (including phenoxy) is 1. The zero-order valence-corrected chi connectivity index (χ0v) is 21.1. The number of hydrogen-bond donors (Lipinski definition) is 2. The molecule has 8 heteroatoms. The maximum absolute atomic E-state index is 13.1. The number of likely N-dealkylation sites (tertiary alicyclic amines) is 1. The molecule has 0 bridgehead atoms. The lowest BCUT2D eigenvalue weighted by Crippen LogP contribution is -2.44. The van der Waals surface area contributed by atoms with E-state index >= 15 is 0 Å². The monoisotopic (exact) mass is 492 g/mol. The quantitative estimate of drug-likeness (QED) is 0.392. The number of anilines is 1. The van der Waals surface area contributed by atoms with Gasteiger partial charge >= 0.3 is 6.03 Å². The third-order valence-corrected chi connectivity index (χ3v) is 7.26. The van der Waals surface area contributed by atoms with Gasteiger partial charge in [-0.2, -0.15) is 0 Å². The van der Waals surface area contributed by atoms with E-state index in [0.29, 0.717) is 30.2 Å². The van der Waals surface area contributed by atoms with Gasteiger partial charge in [0.1, 0.15) is 11.4 Å². The average molecular weight is 493 g/mol. The Labute approximate surface area is 210 Å². The molecule has 0 spiro atoms. The highest BCUT2D eigenvalue weighted by Crippen LogP contribution is 2.33. The zero-order chi connectivity index (χ0) is 24.6. The summed E-state index contributed by atoms with van der Waals surface area (Å²) < 4.78 is 5.37. The van der Waals surface area contributed by atoms with Crippen molar-refractivity contribution in [1.29, 1.82) is 0 Å². The molecular weight excluding hydrogens is 460 g/mol. The minimum absolute atomic E-state index is 0.0172. The van der Waals surface area contributed by atoms with Crippen LogP contribution >= 0.6 is 11.3 Å². The fraction of sp³-hybridized carbons (Fsp3) is 0.370. The molecule has 184 valence electrons. The highest BCUT2D eigenvalue weighted by molar-refractivity contribution is 7.10. The molecule has 1 aliphatic rings. The highest BCUT2D eigenvalue weighted by atomic mass is 32.1. The van der Waals surface area contributed by atoms with Crippen LogP contribution < -0.4 is 15.4 Å². The van der Waals surface area contributed by atoms with Crippen LogP contribution in [0.5, 0.6) is 5.75 Å². The smallest absolute Gasteiger partial charge is 0.317 e. The number of urea groups is 1. The van der Waals surface area contributed by atoms with E-state index in [1.165, 1.54) is 11.3 Å². The first kappa shape index (κ1) is 24.7. The van der Waals surface area contributed by atoms with Crippen LogP contribution in [0.25, 0.3) is 11.1 Å². The van der Waals surface area contributed by atoms with E-state index < -0.39 is 0 Å². The zero-order valence-electron chi connectivity index (χ0n) is 20.3. The van der Waals surface area contributed by atoms with Gasteiger partial charge in [-0.3, -0.25) is 4.79 Å². The van der Waals surface area contributed by atoms with E-state index in [-0.39, 0.29) is 17.9 Å². The first-order valence-electron chi connectivity index (χ1n) is 12.1. The van der Waals surface area contributed by atoms with Gasteiger partial charge in [-0.1, -0.05) is 43.7 Å². The van der Waals surface area contributed by atoms with Crippen molar-refractivity contribution in [1.82, 2.24) is 15.2 Å². The van der Waals surface area contributed by atoms with Crippen molar-refractivity contribution in [3.8, 4) is 16.9 Å². The number of methoxy groups -OCH3 is 1. The third kappa shape index (κ3) is 6.19. The van der Waals surface area contributed by atoms with Crippen LogP contribution in [0.15, 0.2) is 53.9 Å². The van der Waals surface area contributed by atoms with Gasteiger partial charge in [0.25, 0.3) is 5.91 Å². The molecule has 35 heavy (non-hydrogen) atoms. The Morgan fingerprint density at radius 3 is 2.63 bits per heavy atom. The summed E-state index contributed by atoms with van der Waals surface area (Å²) in [4.78, 5) is 31.9. The van der Waals surface area contributed by atoms with Crippen molar-refractivity contribution < 1.29 is 14.3 Å². The van der Waals surface area contributed by atoms with Crippen molar-refractivity contribution >= 4 is 29.0 Å². The first-order chi connectivity index (χ1) is 17.1. The van der Waals surface area contributed by atoms with Gasteiger partial charge in [0.2, 0.25) is 0 Å². The third-order valence-electron chi connectivity index (χ3n) is 6.25. The van der Waals surface area contributed by atoms with E-state index in [1.54, 1.807) is 7.11 Å². The standard InChI is InChI=1S/C27H32N4O3S/c1-3-4-14-28-27(33)31-15-12-20(13-16-31)26-30-24(18-35-26)25(32)29-23-17-21(34-2)10-11-22(23)19-8-6-5-7-9-19/h5-11,17-18,20H,3-4,12-16H2,1-2H3,(H,28,33)(H,29,32). The largest absolute Gasteiger partial charge is 0.497 e. The van der Waals surface area contributed by atoms with Crippen molar-refractivity contribution in [3.63, 3.8) is 0 Å².